The summed E-state index contributed by atoms with van der Waals surface area (Å²) in [6, 6.07) is 9.83. The minimum atomic E-state index is -0.241. The summed E-state index contributed by atoms with van der Waals surface area (Å²) in [6.07, 6.45) is 3.73. The lowest BCUT2D eigenvalue weighted by Gasteiger charge is -2.22. The van der Waals surface area contributed by atoms with Crippen molar-refractivity contribution in [1.82, 2.24) is 5.32 Å². The average Bonchev–Trinajstić information content (AvgIpc) is 3.21. The van der Waals surface area contributed by atoms with Crippen LogP contribution in [0.5, 0.6) is 0 Å². The van der Waals surface area contributed by atoms with Gasteiger partial charge in [0.1, 0.15) is 0 Å². The monoisotopic (exact) mass is 260 g/mol. The number of rotatable bonds is 6. The SMILES string of the molecule is CC(CC1CC1)NC(=O)C(C)C(N)c1ccccc1. The summed E-state index contributed by atoms with van der Waals surface area (Å²) in [4.78, 5) is 12.2. The number of hydrogen-bond acceptors (Lipinski definition) is 2. The van der Waals surface area contributed by atoms with Crippen LogP contribution in [0.3, 0.4) is 0 Å². The van der Waals surface area contributed by atoms with Crippen LogP contribution in [-0.2, 0) is 4.79 Å². The molecule has 1 amide bonds. The van der Waals surface area contributed by atoms with Crippen molar-refractivity contribution in [2.24, 2.45) is 17.6 Å². The van der Waals surface area contributed by atoms with Crippen LogP contribution in [0.25, 0.3) is 0 Å². The van der Waals surface area contributed by atoms with Gasteiger partial charge in [0, 0.05) is 12.1 Å². The Kier molecular flexibility index (Phi) is 4.59. The van der Waals surface area contributed by atoms with Gasteiger partial charge in [-0.15, -0.1) is 0 Å². The molecule has 19 heavy (non-hydrogen) atoms. The van der Waals surface area contributed by atoms with Gasteiger partial charge in [-0.1, -0.05) is 50.1 Å². The highest BCUT2D eigenvalue weighted by Gasteiger charge is 2.27. The molecule has 104 valence electrons. The van der Waals surface area contributed by atoms with Gasteiger partial charge in [-0.05, 0) is 24.8 Å². The second-order valence-corrected chi connectivity index (χ2v) is 5.81. The third-order valence-electron chi connectivity index (χ3n) is 3.91. The smallest absolute Gasteiger partial charge is 0.224 e. The number of benzene rings is 1. The second-order valence-electron chi connectivity index (χ2n) is 5.81. The first-order valence-corrected chi connectivity index (χ1v) is 7.19. The van der Waals surface area contributed by atoms with Crippen LogP contribution in [0.15, 0.2) is 30.3 Å². The predicted octanol–water partition coefficient (Wildman–Crippen LogP) is 2.63. The van der Waals surface area contributed by atoms with Crippen molar-refractivity contribution in [3.63, 3.8) is 0 Å². The van der Waals surface area contributed by atoms with Crippen molar-refractivity contribution in [1.29, 1.82) is 0 Å². The average molecular weight is 260 g/mol. The Balaban J connectivity index is 1.87. The zero-order valence-electron chi connectivity index (χ0n) is 11.8. The van der Waals surface area contributed by atoms with Gasteiger partial charge in [0.15, 0.2) is 0 Å². The van der Waals surface area contributed by atoms with E-state index in [0.717, 1.165) is 17.9 Å². The van der Waals surface area contributed by atoms with Gasteiger partial charge in [-0.25, -0.2) is 0 Å². The second kappa shape index (κ2) is 6.20. The summed E-state index contributed by atoms with van der Waals surface area (Å²) in [5, 5.41) is 3.08. The van der Waals surface area contributed by atoms with E-state index in [1.54, 1.807) is 0 Å². The van der Waals surface area contributed by atoms with Crippen molar-refractivity contribution in [3.8, 4) is 0 Å². The van der Waals surface area contributed by atoms with E-state index in [2.05, 4.69) is 12.2 Å². The Morgan fingerprint density at radius 3 is 2.53 bits per heavy atom. The maximum Gasteiger partial charge on any atom is 0.224 e. The molecule has 0 radical (unpaired) electrons. The molecule has 1 aromatic rings. The first-order chi connectivity index (χ1) is 9.08. The summed E-state index contributed by atoms with van der Waals surface area (Å²) in [5.74, 6) is 0.682. The molecular formula is C16H24N2O. The fraction of sp³-hybridized carbons (Fsp3) is 0.562. The summed E-state index contributed by atoms with van der Waals surface area (Å²) >= 11 is 0. The van der Waals surface area contributed by atoms with Crippen LogP contribution in [0, 0.1) is 11.8 Å². The van der Waals surface area contributed by atoms with Crippen molar-refractivity contribution >= 4 is 5.91 Å². The van der Waals surface area contributed by atoms with E-state index in [4.69, 9.17) is 5.73 Å². The van der Waals surface area contributed by atoms with Gasteiger partial charge < -0.3 is 11.1 Å². The minimum absolute atomic E-state index is 0.0597. The number of amides is 1. The maximum absolute atomic E-state index is 12.2. The standard InChI is InChI=1S/C16H24N2O/c1-11(10-13-8-9-13)18-16(19)12(2)15(17)14-6-4-3-5-7-14/h3-7,11-13,15H,8-10,17H2,1-2H3,(H,18,19). The molecule has 3 heteroatoms. The van der Waals surface area contributed by atoms with Gasteiger partial charge in [0.05, 0.1) is 5.92 Å². The molecule has 1 aromatic carbocycles. The molecule has 3 atom stereocenters. The molecule has 2 rings (SSSR count). The molecule has 0 spiro atoms. The lowest BCUT2D eigenvalue weighted by atomic mass is 9.94. The highest BCUT2D eigenvalue weighted by Crippen LogP contribution is 2.33. The van der Waals surface area contributed by atoms with E-state index in [1.165, 1.54) is 12.8 Å². The quantitative estimate of drug-likeness (QED) is 0.826. The van der Waals surface area contributed by atoms with E-state index in [1.807, 2.05) is 37.3 Å². The van der Waals surface area contributed by atoms with Gasteiger partial charge in [0.25, 0.3) is 0 Å². The summed E-state index contributed by atoms with van der Waals surface area (Å²) in [6.45, 7) is 3.98. The predicted molar refractivity (Wildman–Crippen MR) is 77.5 cm³/mol. The molecule has 0 bridgehead atoms. The van der Waals surface area contributed by atoms with E-state index in [0.29, 0.717) is 0 Å². The molecule has 1 saturated carbocycles. The van der Waals surface area contributed by atoms with Crippen LogP contribution in [0.4, 0.5) is 0 Å². The van der Waals surface area contributed by atoms with Gasteiger partial charge in [-0.2, -0.15) is 0 Å². The lowest BCUT2D eigenvalue weighted by molar-refractivity contribution is -0.125. The Morgan fingerprint density at radius 2 is 1.95 bits per heavy atom. The Hall–Kier alpha value is -1.35. The van der Waals surface area contributed by atoms with Crippen molar-refractivity contribution in [2.45, 2.75) is 45.2 Å². The Labute approximate surface area is 115 Å². The van der Waals surface area contributed by atoms with Gasteiger partial charge >= 0.3 is 0 Å². The normalized spacial score (nSPS) is 19.5. The lowest BCUT2D eigenvalue weighted by Crippen LogP contribution is -2.40. The highest BCUT2D eigenvalue weighted by molar-refractivity contribution is 5.79. The number of hydrogen-bond donors (Lipinski definition) is 2. The summed E-state index contributed by atoms with van der Waals surface area (Å²) < 4.78 is 0. The van der Waals surface area contributed by atoms with Crippen LogP contribution in [-0.4, -0.2) is 11.9 Å². The number of nitrogens with two attached hydrogens (primary N) is 1. The third kappa shape index (κ3) is 4.06. The minimum Gasteiger partial charge on any atom is -0.353 e. The molecule has 3 nitrogen and oxygen atoms in total. The van der Waals surface area contributed by atoms with Crippen LogP contribution < -0.4 is 11.1 Å². The van der Waals surface area contributed by atoms with Crippen LogP contribution in [0.1, 0.15) is 44.7 Å². The maximum atomic E-state index is 12.2. The molecular weight excluding hydrogens is 236 g/mol. The molecule has 3 N–H and O–H groups in total. The van der Waals surface area contributed by atoms with E-state index >= 15 is 0 Å². The zero-order chi connectivity index (χ0) is 13.8. The van der Waals surface area contributed by atoms with Gasteiger partial charge in [-0.3, -0.25) is 4.79 Å². The third-order valence-corrected chi connectivity index (χ3v) is 3.91. The van der Waals surface area contributed by atoms with Crippen molar-refractivity contribution in [3.05, 3.63) is 35.9 Å². The number of carbonyl (C=O) groups excluding carboxylic acids is 1. The van der Waals surface area contributed by atoms with Crippen molar-refractivity contribution in [2.75, 3.05) is 0 Å². The Bertz CT molecular complexity index is 414. The summed E-state index contributed by atoms with van der Waals surface area (Å²) in [7, 11) is 0. The highest BCUT2D eigenvalue weighted by atomic mass is 16.1. The number of nitrogens with one attached hydrogen (secondary N) is 1. The molecule has 1 aliphatic carbocycles. The molecule has 0 saturated heterocycles. The van der Waals surface area contributed by atoms with E-state index in [-0.39, 0.29) is 23.9 Å². The van der Waals surface area contributed by atoms with Crippen LogP contribution in [0.2, 0.25) is 0 Å². The molecule has 1 fully saturated rings. The fourth-order valence-corrected chi connectivity index (χ4v) is 2.41. The molecule has 0 heterocycles. The topological polar surface area (TPSA) is 55.1 Å². The zero-order valence-corrected chi connectivity index (χ0v) is 11.8. The van der Waals surface area contributed by atoms with Crippen molar-refractivity contribution < 1.29 is 4.79 Å². The largest absolute Gasteiger partial charge is 0.353 e. The van der Waals surface area contributed by atoms with E-state index < -0.39 is 0 Å². The van der Waals surface area contributed by atoms with E-state index in [9.17, 15) is 4.79 Å². The first kappa shape index (κ1) is 14.1. The first-order valence-electron chi connectivity index (χ1n) is 7.19. The van der Waals surface area contributed by atoms with Crippen LogP contribution >= 0.6 is 0 Å². The fourth-order valence-electron chi connectivity index (χ4n) is 2.41. The van der Waals surface area contributed by atoms with Gasteiger partial charge in [0.2, 0.25) is 5.91 Å². The summed E-state index contributed by atoms with van der Waals surface area (Å²) in [5.41, 5.74) is 7.18. The molecule has 3 unspecified atom stereocenters. The Morgan fingerprint density at radius 1 is 1.32 bits per heavy atom. The molecule has 0 aromatic heterocycles. The molecule has 1 aliphatic rings. The molecule has 0 aliphatic heterocycles. The number of carbonyl (C=O) groups is 1.